The molecule has 1 aromatic rings. The average molecular weight is 222 g/mol. The van der Waals surface area contributed by atoms with Gasteiger partial charge in [0.1, 0.15) is 6.10 Å². The van der Waals surface area contributed by atoms with Gasteiger partial charge in [-0.1, -0.05) is 36.4 Å². The molecule has 3 N–H and O–H groups in total. The summed E-state index contributed by atoms with van der Waals surface area (Å²) in [4.78, 5) is 0. The highest BCUT2D eigenvalue weighted by atomic mass is 16.3. The van der Waals surface area contributed by atoms with E-state index in [1.54, 1.807) is 12.1 Å². The Hall–Kier alpha value is -1.16. The van der Waals surface area contributed by atoms with E-state index in [1.807, 2.05) is 19.1 Å². The first-order valence-electron chi connectivity index (χ1n) is 5.29. The second-order valence-corrected chi connectivity index (χ2v) is 3.93. The summed E-state index contributed by atoms with van der Waals surface area (Å²) in [6.45, 7) is 5.59. The van der Waals surface area contributed by atoms with E-state index in [4.69, 9.17) is 5.11 Å². The Labute approximate surface area is 95.7 Å². The molecule has 0 spiro atoms. The van der Waals surface area contributed by atoms with Crippen molar-refractivity contribution in [1.29, 1.82) is 0 Å². The fourth-order valence-electron chi connectivity index (χ4n) is 1.48. The number of allylic oxidation sites excluding steroid dienone is 1. The molecular weight excluding hydrogens is 204 g/mol. The molecule has 0 aliphatic rings. The molecule has 16 heavy (non-hydrogen) atoms. The minimum atomic E-state index is -0.952. The smallest absolute Gasteiger partial charge is 0.105 e. The van der Waals surface area contributed by atoms with Crippen LogP contribution in [0.1, 0.15) is 30.6 Å². The fraction of sp³-hybridized carbons (Fsp3) is 0.385. The van der Waals surface area contributed by atoms with E-state index in [9.17, 15) is 10.2 Å². The van der Waals surface area contributed by atoms with Crippen molar-refractivity contribution in [2.75, 3.05) is 6.61 Å². The minimum Gasteiger partial charge on any atom is -0.396 e. The monoisotopic (exact) mass is 222 g/mol. The Morgan fingerprint density at radius 3 is 2.25 bits per heavy atom. The Bertz CT molecular complexity index is 343. The van der Waals surface area contributed by atoms with E-state index in [0.29, 0.717) is 5.56 Å². The summed E-state index contributed by atoms with van der Waals surface area (Å²) >= 11 is 0. The summed E-state index contributed by atoms with van der Waals surface area (Å²) in [6, 6.07) is 7.23. The molecule has 2 atom stereocenters. The first kappa shape index (κ1) is 12.9. The van der Waals surface area contributed by atoms with Crippen molar-refractivity contribution in [3.63, 3.8) is 0 Å². The summed E-state index contributed by atoms with van der Waals surface area (Å²) in [6.07, 6.45) is -1.71. The maximum Gasteiger partial charge on any atom is 0.105 e. The molecule has 0 saturated heterocycles. The summed E-state index contributed by atoms with van der Waals surface area (Å²) in [5.41, 5.74) is 2.61. The molecule has 0 fully saturated rings. The molecule has 0 heterocycles. The molecule has 0 radical (unpaired) electrons. The molecule has 0 saturated carbocycles. The lowest BCUT2D eigenvalue weighted by Crippen LogP contribution is -2.19. The highest BCUT2D eigenvalue weighted by Crippen LogP contribution is 2.21. The minimum absolute atomic E-state index is 0.137. The van der Waals surface area contributed by atoms with Gasteiger partial charge >= 0.3 is 0 Å². The molecule has 3 nitrogen and oxygen atoms in total. The van der Waals surface area contributed by atoms with Crippen molar-refractivity contribution < 1.29 is 15.3 Å². The topological polar surface area (TPSA) is 60.7 Å². The van der Waals surface area contributed by atoms with E-state index in [2.05, 4.69) is 6.58 Å². The quantitative estimate of drug-likeness (QED) is 0.707. The van der Waals surface area contributed by atoms with Crippen LogP contribution >= 0.6 is 0 Å². The predicted octanol–water partition coefficient (Wildman–Crippen LogP) is 1.50. The highest BCUT2D eigenvalue weighted by Gasteiger charge is 2.17. The summed E-state index contributed by atoms with van der Waals surface area (Å²) in [5.74, 6) is 0. The zero-order valence-corrected chi connectivity index (χ0v) is 9.43. The molecule has 1 aromatic carbocycles. The standard InChI is InChI=1S/C13H18O3/c1-9(2)10-3-5-11(6-4-10)13(16)12(15)7-8-14/h3-6,12-16H,1,7-8H2,2H3. The van der Waals surface area contributed by atoms with Gasteiger partial charge in [-0.3, -0.25) is 0 Å². The largest absolute Gasteiger partial charge is 0.396 e. The second-order valence-electron chi connectivity index (χ2n) is 3.93. The zero-order chi connectivity index (χ0) is 12.1. The van der Waals surface area contributed by atoms with Crippen LogP contribution in [0, 0.1) is 0 Å². The van der Waals surface area contributed by atoms with Crippen LogP contribution in [0.25, 0.3) is 5.57 Å². The molecular formula is C13H18O3. The third-order valence-electron chi connectivity index (χ3n) is 2.53. The van der Waals surface area contributed by atoms with E-state index < -0.39 is 12.2 Å². The Morgan fingerprint density at radius 1 is 1.25 bits per heavy atom. The van der Waals surface area contributed by atoms with Crippen molar-refractivity contribution >= 4 is 5.57 Å². The van der Waals surface area contributed by atoms with Gasteiger partial charge in [0.2, 0.25) is 0 Å². The molecule has 0 aliphatic heterocycles. The number of hydrogen-bond donors (Lipinski definition) is 3. The van der Waals surface area contributed by atoms with Crippen molar-refractivity contribution in [1.82, 2.24) is 0 Å². The molecule has 0 amide bonds. The van der Waals surface area contributed by atoms with Crippen molar-refractivity contribution in [3.05, 3.63) is 42.0 Å². The van der Waals surface area contributed by atoms with Crippen molar-refractivity contribution in [3.8, 4) is 0 Å². The predicted molar refractivity (Wildman–Crippen MR) is 63.8 cm³/mol. The molecule has 1 rings (SSSR count). The Morgan fingerprint density at radius 2 is 1.81 bits per heavy atom. The van der Waals surface area contributed by atoms with Crippen LogP contribution in [0.15, 0.2) is 30.8 Å². The Kier molecular flexibility index (Phi) is 4.68. The summed E-state index contributed by atoms with van der Waals surface area (Å²) < 4.78 is 0. The van der Waals surface area contributed by atoms with Gasteiger partial charge < -0.3 is 15.3 Å². The van der Waals surface area contributed by atoms with E-state index in [0.717, 1.165) is 11.1 Å². The normalized spacial score (nSPS) is 14.5. The number of hydrogen-bond acceptors (Lipinski definition) is 3. The van der Waals surface area contributed by atoms with E-state index in [1.165, 1.54) is 0 Å². The number of rotatable bonds is 5. The van der Waals surface area contributed by atoms with Crippen LogP contribution in [0.5, 0.6) is 0 Å². The van der Waals surface area contributed by atoms with Crippen LogP contribution in [0.3, 0.4) is 0 Å². The maximum atomic E-state index is 9.77. The molecule has 3 heteroatoms. The first-order valence-corrected chi connectivity index (χ1v) is 5.29. The summed E-state index contributed by atoms with van der Waals surface area (Å²) in [7, 11) is 0. The second kappa shape index (κ2) is 5.80. The van der Waals surface area contributed by atoms with Gasteiger partial charge in [0.15, 0.2) is 0 Å². The lowest BCUT2D eigenvalue weighted by molar-refractivity contribution is 0.00422. The average Bonchev–Trinajstić information content (AvgIpc) is 2.28. The lowest BCUT2D eigenvalue weighted by Gasteiger charge is -2.17. The maximum absolute atomic E-state index is 9.77. The Balaban J connectivity index is 2.77. The van der Waals surface area contributed by atoms with Gasteiger partial charge in [0.05, 0.1) is 6.10 Å². The van der Waals surface area contributed by atoms with Crippen LogP contribution in [0.2, 0.25) is 0 Å². The highest BCUT2D eigenvalue weighted by molar-refractivity contribution is 5.61. The van der Waals surface area contributed by atoms with Crippen molar-refractivity contribution in [2.45, 2.75) is 25.6 Å². The van der Waals surface area contributed by atoms with Gasteiger partial charge in [0.25, 0.3) is 0 Å². The van der Waals surface area contributed by atoms with Crippen LogP contribution in [-0.2, 0) is 0 Å². The van der Waals surface area contributed by atoms with Crippen molar-refractivity contribution in [2.24, 2.45) is 0 Å². The van der Waals surface area contributed by atoms with Gasteiger partial charge in [-0.2, -0.15) is 0 Å². The third kappa shape index (κ3) is 3.17. The van der Waals surface area contributed by atoms with Gasteiger partial charge in [-0.25, -0.2) is 0 Å². The van der Waals surface area contributed by atoms with Crippen LogP contribution in [-0.4, -0.2) is 28.0 Å². The zero-order valence-electron chi connectivity index (χ0n) is 9.43. The number of aliphatic hydroxyl groups excluding tert-OH is 3. The van der Waals surface area contributed by atoms with Gasteiger partial charge in [-0.15, -0.1) is 0 Å². The third-order valence-corrected chi connectivity index (χ3v) is 2.53. The molecule has 0 aliphatic carbocycles. The SMILES string of the molecule is C=C(C)c1ccc(C(O)C(O)CCO)cc1. The van der Waals surface area contributed by atoms with Crippen LogP contribution < -0.4 is 0 Å². The van der Waals surface area contributed by atoms with E-state index in [-0.39, 0.29) is 13.0 Å². The molecule has 88 valence electrons. The molecule has 0 bridgehead atoms. The summed E-state index contributed by atoms with van der Waals surface area (Å²) in [5, 5.41) is 28.0. The molecule has 2 unspecified atom stereocenters. The lowest BCUT2D eigenvalue weighted by atomic mass is 9.99. The van der Waals surface area contributed by atoms with Crippen LogP contribution in [0.4, 0.5) is 0 Å². The first-order chi connectivity index (χ1) is 7.56. The number of aliphatic hydroxyl groups is 3. The van der Waals surface area contributed by atoms with Gasteiger partial charge in [-0.05, 0) is 24.5 Å². The molecule has 0 aromatic heterocycles. The van der Waals surface area contributed by atoms with Gasteiger partial charge in [0, 0.05) is 6.61 Å². The fourth-order valence-corrected chi connectivity index (χ4v) is 1.48. The number of benzene rings is 1. The van der Waals surface area contributed by atoms with E-state index >= 15 is 0 Å².